The molecule has 1 unspecified atom stereocenters. The van der Waals surface area contributed by atoms with Gasteiger partial charge >= 0.3 is 7.12 Å². The second kappa shape index (κ2) is 5.29. The van der Waals surface area contributed by atoms with Crippen LogP contribution < -0.4 is 9.68 Å². The summed E-state index contributed by atoms with van der Waals surface area (Å²) >= 11 is 1.75. The summed E-state index contributed by atoms with van der Waals surface area (Å²) in [6, 6.07) is 2.25. The summed E-state index contributed by atoms with van der Waals surface area (Å²) in [6.45, 7) is 13.1. The Kier molecular flexibility index (Phi) is 3.87. The van der Waals surface area contributed by atoms with Crippen LogP contribution in [-0.2, 0) is 9.31 Å². The molecule has 2 aliphatic heterocycles. The number of piperidine rings is 1. The van der Waals surface area contributed by atoms with Gasteiger partial charge in [-0.05, 0) is 52.5 Å². The summed E-state index contributed by atoms with van der Waals surface area (Å²) in [4.78, 5) is 2.50. The first-order valence-corrected chi connectivity index (χ1v) is 8.85. The summed E-state index contributed by atoms with van der Waals surface area (Å²) in [7, 11) is -0.226. The van der Waals surface area contributed by atoms with Gasteiger partial charge in [0.2, 0.25) is 0 Å². The minimum atomic E-state index is -0.262. The van der Waals surface area contributed by atoms with Crippen LogP contribution in [0.25, 0.3) is 0 Å². The molecule has 0 aromatic carbocycles. The fourth-order valence-corrected chi connectivity index (χ4v) is 3.88. The highest BCUT2D eigenvalue weighted by Gasteiger charge is 2.52. The molecule has 116 valence electrons. The van der Waals surface area contributed by atoms with Gasteiger partial charge in [0.05, 0.1) is 11.2 Å². The first-order chi connectivity index (χ1) is 9.78. The van der Waals surface area contributed by atoms with E-state index in [0.29, 0.717) is 0 Å². The third-order valence-electron chi connectivity index (χ3n) is 5.11. The molecule has 0 aliphatic carbocycles. The zero-order valence-electron chi connectivity index (χ0n) is 13.8. The number of rotatable bonds is 2. The summed E-state index contributed by atoms with van der Waals surface area (Å²) in [6.07, 6.45) is 2.65. The molecule has 2 saturated heterocycles. The van der Waals surface area contributed by atoms with E-state index in [1.54, 1.807) is 11.3 Å². The lowest BCUT2D eigenvalue weighted by Gasteiger charge is -2.32. The molecule has 0 spiro atoms. The standard InChI is InChI=1S/C16H26BNO2S/c1-12-7-6-8-18(10-12)13-9-14(21-11-13)17-19-15(2,3)16(4,5)20-17/h9,11-12H,6-8,10H2,1-5H3. The highest BCUT2D eigenvalue weighted by atomic mass is 32.1. The van der Waals surface area contributed by atoms with Crippen molar-refractivity contribution in [3.63, 3.8) is 0 Å². The molecule has 3 heterocycles. The Labute approximate surface area is 132 Å². The monoisotopic (exact) mass is 307 g/mol. The van der Waals surface area contributed by atoms with E-state index in [-0.39, 0.29) is 18.3 Å². The van der Waals surface area contributed by atoms with Crippen molar-refractivity contribution in [2.24, 2.45) is 5.92 Å². The van der Waals surface area contributed by atoms with Crippen molar-refractivity contribution in [2.75, 3.05) is 18.0 Å². The van der Waals surface area contributed by atoms with Crippen LogP contribution in [0, 0.1) is 5.92 Å². The molecule has 2 aliphatic rings. The van der Waals surface area contributed by atoms with Crippen LogP contribution >= 0.6 is 11.3 Å². The highest BCUT2D eigenvalue weighted by Crippen LogP contribution is 2.37. The second-order valence-corrected chi connectivity index (χ2v) is 8.43. The van der Waals surface area contributed by atoms with Gasteiger partial charge in [0.15, 0.2) is 0 Å². The number of anilines is 1. The van der Waals surface area contributed by atoms with Crippen LogP contribution in [0.3, 0.4) is 0 Å². The largest absolute Gasteiger partial charge is 0.505 e. The molecule has 1 atom stereocenters. The Morgan fingerprint density at radius 3 is 2.52 bits per heavy atom. The fourth-order valence-electron chi connectivity index (χ4n) is 3.01. The average Bonchev–Trinajstić information content (AvgIpc) is 2.93. The van der Waals surface area contributed by atoms with Gasteiger partial charge in [-0.2, -0.15) is 11.3 Å². The van der Waals surface area contributed by atoms with Gasteiger partial charge in [-0.25, -0.2) is 0 Å². The van der Waals surface area contributed by atoms with Gasteiger partial charge in [-0.15, -0.1) is 0 Å². The molecule has 1 aromatic heterocycles. The average molecular weight is 307 g/mol. The first kappa shape index (κ1) is 15.4. The van der Waals surface area contributed by atoms with Gasteiger partial charge in [0.1, 0.15) is 0 Å². The Morgan fingerprint density at radius 2 is 1.90 bits per heavy atom. The van der Waals surface area contributed by atoms with Crippen molar-refractivity contribution in [2.45, 2.75) is 58.7 Å². The van der Waals surface area contributed by atoms with Crippen molar-refractivity contribution < 1.29 is 9.31 Å². The molecular formula is C16H26BNO2S. The molecular weight excluding hydrogens is 281 g/mol. The van der Waals surface area contributed by atoms with Gasteiger partial charge in [-0.3, -0.25) is 0 Å². The summed E-state index contributed by atoms with van der Waals surface area (Å²) < 4.78 is 13.5. The van der Waals surface area contributed by atoms with Crippen LogP contribution in [-0.4, -0.2) is 31.4 Å². The lowest BCUT2D eigenvalue weighted by atomic mass is 9.87. The molecule has 5 heteroatoms. The lowest BCUT2D eigenvalue weighted by Crippen LogP contribution is -2.41. The van der Waals surface area contributed by atoms with Crippen molar-refractivity contribution in [3.05, 3.63) is 11.4 Å². The fraction of sp³-hybridized carbons (Fsp3) is 0.750. The zero-order valence-corrected chi connectivity index (χ0v) is 14.6. The van der Waals surface area contributed by atoms with E-state index in [4.69, 9.17) is 9.31 Å². The third-order valence-corrected chi connectivity index (χ3v) is 6.06. The van der Waals surface area contributed by atoms with E-state index in [0.717, 1.165) is 5.92 Å². The molecule has 2 fully saturated rings. The Balaban J connectivity index is 1.74. The van der Waals surface area contributed by atoms with Crippen LogP contribution in [0.2, 0.25) is 0 Å². The molecule has 3 nitrogen and oxygen atoms in total. The number of thiophene rings is 1. The number of nitrogens with zero attached hydrogens (tertiary/aromatic N) is 1. The maximum Gasteiger partial charge on any atom is 0.505 e. The van der Waals surface area contributed by atoms with Crippen LogP contribution in [0.5, 0.6) is 0 Å². The Hall–Kier alpha value is -0.515. The minimum absolute atomic E-state index is 0.226. The van der Waals surface area contributed by atoms with Gasteiger partial charge in [0, 0.05) is 28.9 Å². The molecule has 1 aromatic rings. The normalized spacial score (nSPS) is 28.1. The SMILES string of the molecule is CC1CCCN(c2csc(B3OC(C)(C)C(C)(C)O3)c2)C1. The topological polar surface area (TPSA) is 21.7 Å². The van der Waals surface area contributed by atoms with Gasteiger partial charge in [-0.1, -0.05) is 6.92 Å². The summed E-state index contributed by atoms with van der Waals surface area (Å²) in [5, 5.41) is 2.25. The van der Waals surface area contributed by atoms with Gasteiger partial charge < -0.3 is 14.2 Å². The maximum absolute atomic E-state index is 6.14. The molecule has 0 amide bonds. The van der Waals surface area contributed by atoms with Crippen molar-refractivity contribution in [1.82, 2.24) is 0 Å². The summed E-state index contributed by atoms with van der Waals surface area (Å²) in [5.74, 6) is 0.791. The molecule has 0 bridgehead atoms. The van der Waals surface area contributed by atoms with Crippen LogP contribution in [0.15, 0.2) is 11.4 Å². The predicted molar refractivity (Wildman–Crippen MR) is 90.6 cm³/mol. The second-order valence-electron chi connectivity index (χ2n) is 7.49. The van der Waals surface area contributed by atoms with Gasteiger partial charge in [0.25, 0.3) is 0 Å². The lowest BCUT2D eigenvalue weighted by molar-refractivity contribution is 0.00578. The van der Waals surface area contributed by atoms with E-state index < -0.39 is 0 Å². The van der Waals surface area contributed by atoms with Crippen molar-refractivity contribution >= 4 is 28.9 Å². The Bertz CT molecular complexity index is 498. The van der Waals surface area contributed by atoms with E-state index in [1.807, 2.05) is 0 Å². The zero-order chi connectivity index (χ0) is 15.3. The Morgan fingerprint density at radius 1 is 1.24 bits per heavy atom. The number of hydrogen-bond donors (Lipinski definition) is 0. The molecule has 3 rings (SSSR count). The number of hydrogen-bond acceptors (Lipinski definition) is 4. The van der Waals surface area contributed by atoms with Crippen molar-refractivity contribution in [3.8, 4) is 0 Å². The molecule has 21 heavy (non-hydrogen) atoms. The smallest absolute Gasteiger partial charge is 0.399 e. The predicted octanol–water partition coefficient (Wildman–Crippen LogP) is 3.28. The van der Waals surface area contributed by atoms with E-state index in [2.05, 4.69) is 51.0 Å². The molecule has 0 N–H and O–H groups in total. The van der Waals surface area contributed by atoms with E-state index in [1.165, 1.54) is 36.4 Å². The maximum atomic E-state index is 6.14. The summed E-state index contributed by atoms with van der Waals surface area (Å²) in [5.41, 5.74) is 0.805. The molecule has 0 saturated carbocycles. The quantitative estimate of drug-likeness (QED) is 0.783. The minimum Gasteiger partial charge on any atom is -0.399 e. The third kappa shape index (κ3) is 2.88. The van der Waals surface area contributed by atoms with E-state index in [9.17, 15) is 0 Å². The first-order valence-electron chi connectivity index (χ1n) is 7.97. The van der Waals surface area contributed by atoms with Crippen LogP contribution in [0.4, 0.5) is 5.69 Å². The van der Waals surface area contributed by atoms with Crippen LogP contribution in [0.1, 0.15) is 47.5 Å². The molecule has 0 radical (unpaired) electrons. The van der Waals surface area contributed by atoms with Crippen molar-refractivity contribution in [1.29, 1.82) is 0 Å². The highest BCUT2D eigenvalue weighted by molar-refractivity contribution is 7.21. The van der Waals surface area contributed by atoms with E-state index >= 15 is 0 Å².